The summed E-state index contributed by atoms with van der Waals surface area (Å²) in [6, 6.07) is 0. The molecule has 0 bridgehead atoms. The summed E-state index contributed by atoms with van der Waals surface area (Å²) in [6.07, 6.45) is 13.7. The molecule has 2 spiro atoms. The summed E-state index contributed by atoms with van der Waals surface area (Å²) in [6.45, 7) is 29.3. The Balaban J connectivity index is 0.000000146. The molecule has 4 unspecified atom stereocenters. The standard InChI is InChI=1S/C14H25NO2.C11H20N2O2.C11H19NO2.C9H17NO/c1-13(2,3)17-12(16)15-10-8-14(9-11-15)6-4-5-7-14;1-11(2,3)15-10(14)13-6-9-7-4-12-5-8(7)9;1-7-8-5-12(6-9(7)8)10(13)14-11(2,3)4;1-2-8-11-9(3-1)4-6-10-7-5-9/h4-11H2,1-3H3;7-9,12H,4-6H2,1-3H3,(H,13,14);7-9H,5-6H2,1-4H3;10H,1-8H2. The van der Waals surface area contributed by atoms with Crippen LogP contribution in [0.2, 0.25) is 0 Å². The van der Waals surface area contributed by atoms with Gasteiger partial charge in [-0.2, -0.15) is 0 Å². The van der Waals surface area contributed by atoms with E-state index < -0.39 is 5.60 Å². The number of amides is 3. The minimum atomic E-state index is -0.398. The summed E-state index contributed by atoms with van der Waals surface area (Å²) in [4.78, 5) is 38.7. The summed E-state index contributed by atoms with van der Waals surface area (Å²) in [5.74, 6) is 4.59. The van der Waals surface area contributed by atoms with Crippen LogP contribution in [0.4, 0.5) is 14.4 Å². The van der Waals surface area contributed by atoms with Gasteiger partial charge in [-0.05, 0) is 187 Å². The Bertz CT molecular complexity index is 1270. The van der Waals surface area contributed by atoms with Crippen molar-refractivity contribution in [1.29, 1.82) is 0 Å². The predicted octanol–water partition coefficient (Wildman–Crippen LogP) is 7.98. The SMILES string of the molecule is C1CCC2(CCNCC2)OC1.CC(C)(C)OC(=O)N1CCC2(CCCC2)CC1.CC(C)(C)OC(=O)NCC1C2CNCC21.CC1C2CN(C(=O)OC(C)(C)C)CC12. The molecule has 5 saturated heterocycles. The van der Waals surface area contributed by atoms with Crippen LogP contribution < -0.4 is 16.0 Å². The van der Waals surface area contributed by atoms with Gasteiger partial charge in [0.1, 0.15) is 16.8 Å². The van der Waals surface area contributed by atoms with Gasteiger partial charge in [-0.25, -0.2) is 14.4 Å². The second-order valence-corrected chi connectivity index (χ2v) is 21.5. The van der Waals surface area contributed by atoms with Gasteiger partial charge in [0, 0.05) is 39.3 Å². The van der Waals surface area contributed by atoms with Crippen LogP contribution in [0, 0.1) is 40.9 Å². The van der Waals surface area contributed by atoms with E-state index in [4.69, 9.17) is 18.9 Å². The van der Waals surface area contributed by atoms with Gasteiger partial charge in [0.05, 0.1) is 5.60 Å². The summed E-state index contributed by atoms with van der Waals surface area (Å²) in [5.41, 5.74) is -0.276. The highest BCUT2D eigenvalue weighted by molar-refractivity contribution is 5.69. The largest absolute Gasteiger partial charge is 0.444 e. The smallest absolute Gasteiger partial charge is 0.410 e. The van der Waals surface area contributed by atoms with Crippen molar-refractivity contribution in [1.82, 2.24) is 25.8 Å². The summed E-state index contributed by atoms with van der Waals surface area (Å²) in [5, 5.41) is 9.55. The van der Waals surface area contributed by atoms with Gasteiger partial charge < -0.3 is 44.7 Å². The van der Waals surface area contributed by atoms with Crippen LogP contribution in [0.15, 0.2) is 0 Å². The highest BCUT2D eigenvalue weighted by atomic mass is 16.6. The molecule has 8 rings (SSSR count). The first kappa shape index (κ1) is 45.8. The molecular formula is C45H81N5O7. The quantitative estimate of drug-likeness (QED) is 0.238. The molecule has 5 heterocycles. The lowest BCUT2D eigenvalue weighted by molar-refractivity contribution is -0.0952. The highest BCUT2D eigenvalue weighted by Gasteiger charge is 2.54. The average Bonchev–Trinajstić information content (AvgIpc) is 3.58. The molecule has 3 saturated carbocycles. The van der Waals surface area contributed by atoms with Crippen LogP contribution in [0.1, 0.15) is 140 Å². The fourth-order valence-corrected chi connectivity index (χ4v) is 9.97. The van der Waals surface area contributed by atoms with E-state index in [0.717, 1.165) is 95.1 Å². The molecule has 57 heavy (non-hydrogen) atoms. The molecule has 12 nitrogen and oxygen atoms in total. The maximum Gasteiger partial charge on any atom is 0.410 e. The Morgan fingerprint density at radius 2 is 1.16 bits per heavy atom. The Hall–Kier alpha value is -2.31. The molecule has 3 aliphatic carbocycles. The van der Waals surface area contributed by atoms with Crippen molar-refractivity contribution in [3.05, 3.63) is 0 Å². The number of hydrogen-bond acceptors (Lipinski definition) is 9. The second-order valence-electron chi connectivity index (χ2n) is 21.5. The predicted molar refractivity (Wildman–Crippen MR) is 224 cm³/mol. The Kier molecular flexibility index (Phi) is 15.2. The van der Waals surface area contributed by atoms with Crippen LogP contribution >= 0.6 is 0 Å². The maximum absolute atomic E-state index is 11.9. The van der Waals surface area contributed by atoms with Gasteiger partial charge in [0.15, 0.2) is 0 Å². The first-order valence-electron chi connectivity index (χ1n) is 22.7. The molecule has 0 aromatic rings. The topological polar surface area (TPSA) is 131 Å². The number of nitrogens with one attached hydrogen (secondary N) is 3. The number of alkyl carbamates (subject to hydrolysis) is 1. The summed E-state index contributed by atoms with van der Waals surface area (Å²) < 4.78 is 21.8. The van der Waals surface area contributed by atoms with Crippen LogP contribution in [-0.4, -0.2) is 116 Å². The van der Waals surface area contributed by atoms with Gasteiger partial charge in [-0.15, -0.1) is 0 Å². The number of carbonyl (C=O) groups excluding carboxylic acids is 3. The number of fused-ring (bicyclic) bond motifs is 2. The normalized spacial score (nSPS) is 30.6. The maximum atomic E-state index is 11.9. The van der Waals surface area contributed by atoms with E-state index in [1.807, 2.05) is 72.1 Å². The summed E-state index contributed by atoms with van der Waals surface area (Å²) in [7, 11) is 0. The number of hydrogen-bond donors (Lipinski definition) is 3. The third-order valence-corrected chi connectivity index (χ3v) is 13.5. The van der Waals surface area contributed by atoms with Crippen LogP contribution in [0.25, 0.3) is 0 Å². The van der Waals surface area contributed by atoms with Crippen molar-refractivity contribution < 1.29 is 33.3 Å². The van der Waals surface area contributed by atoms with Crippen LogP contribution in [0.3, 0.4) is 0 Å². The van der Waals surface area contributed by atoms with Gasteiger partial charge >= 0.3 is 18.3 Å². The first-order chi connectivity index (χ1) is 26.7. The van der Waals surface area contributed by atoms with Gasteiger partial charge in [0.25, 0.3) is 0 Å². The molecule has 4 atom stereocenters. The van der Waals surface area contributed by atoms with Crippen molar-refractivity contribution in [3.63, 3.8) is 0 Å². The Morgan fingerprint density at radius 1 is 0.649 bits per heavy atom. The van der Waals surface area contributed by atoms with Crippen molar-refractivity contribution in [3.8, 4) is 0 Å². The second kappa shape index (κ2) is 18.9. The zero-order valence-electron chi connectivity index (χ0n) is 37.6. The van der Waals surface area contributed by atoms with Gasteiger partial charge in [0.2, 0.25) is 0 Å². The third-order valence-electron chi connectivity index (χ3n) is 13.5. The molecule has 8 aliphatic rings. The minimum Gasteiger partial charge on any atom is -0.444 e. The monoisotopic (exact) mass is 804 g/mol. The van der Waals surface area contributed by atoms with E-state index in [-0.39, 0.29) is 29.5 Å². The number of ether oxygens (including phenoxy) is 4. The number of piperidine rings is 4. The van der Waals surface area contributed by atoms with Crippen LogP contribution in [0.5, 0.6) is 0 Å². The molecule has 0 radical (unpaired) electrons. The molecule has 3 N–H and O–H groups in total. The van der Waals surface area contributed by atoms with E-state index in [0.29, 0.717) is 16.9 Å². The first-order valence-corrected chi connectivity index (χ1v) is 22.7. The summed E-state index contributed by atoms with van der Waals surface area (Å²) >= 11 is 0. The molecular weight excluding hydrogens is 723 g/mol. The zero-order valence-corrected chi connectivity index (χ0v) is 37.6. The minimum absolute atomic E-state index is 0.134. The molecule has 5 aliphatic heterocycles. The van der Waals surface area contributed by atoms with E-state index in [1.165, 1.54) is 70.6 Å². The van der Waals surface area contributed by atoms with Crippen molar-refractivity contribution in [2.75, 3.05) is 65.5 Å². The highest BCUT2D eigenvalue weighted by Crippen LogP contribution is 2.51. The van der Waals surface area contributed by atoms with Crippen molar-refractivity contribution in [2.24, 2.45) is 40.9 Å². The molecule has 328 valence electrons. The van der Waals surface area contributed by atoms with E-state index in [1.54, 1.807) is 0 Å². The van der Waals surface area contributed by atoms with E-state index in [9.17, 15) is 14.4 Å². The fourth-order valence-electron chi connectivity index (χ4n) is 9.97. The number of rotatable bonds is 2. The van der Waals surface area contributed by atoms with Gasteiger partial charge in [-0.3, -0.25) is 0 Å². The lowest BCUT2D eigenvalue weighted by Crippen LogP contribution is -2.45. The van der Waals surface area contributed by atoms with E-state index >= 15 is 0 Å². The lowest BCUT2D eigenvalue weighted by atomic mass is 9.77. The molecule has 3 amide bonds. The zero-order chi connectivity index (χ0) is 41.6. The molecule has 0 aromatic carbocycles. The Morgan fingerprint density at radius 3 is 1.65 bits per heavy atom. The number of carbonyl (C=O) groups is 3. The molecule has 12 heteroatoms. The molecule has 8 fully saturated rings. The van der Waals surface area contributed by atoms with Crippen molar-refractivity contribution >= 4 is 18.3 Å². The third kappa shape index (κ3) is 14.1. The van der Waals surface area contributed by atoms with Crippen molar-refractivity contribution in [2.45, 2.75) is 162 Å². The van der Waals surface area contributed by atoms with E-state index in [2.05, 4.69) is 22.9 Å². The molecule has 0 aromatic heterocycles. The van der Waals surface area contributed by atoms with Crippen LogP contribution in [-0.2, 0) is 18.9 Å². The lowest BCUT2D eigenvalue weighted by Gasteiger charge is -2.40. The number of nitrogens with zero attached hydrogens (tertiary/aromatic N) is 2. The number of likely N-dealkylation sites (tertiary alicyclic amines) is 2. The Labute approximate surface area is 345 Å². The van der Waals surface area contributed by atoms with Gasteiger partial charge in [-0.1, -0.05) is 19.8 Å². The fraction of sp³-hybridized carbons (Fsp3) is 0.933. The average molecular weight is 804 g/mol.